The summed E-state index contributed by atoms with van der Waals surface area (Å²) in [6, 6.07) is 0. The van der Waals surface area contributed by atoms with E-state index < -0.39 is 0 Å². The molecule has 1 fully saturated rings. The first-order valence-corrected chi connectivity index (χ1v) is 4.64. The van der Waals surface area contributed by atoms with Crippen molar-refractivity contribution in [2.24, 2.45) is 0 Å². The minimum Gasteiger partial charge on any atom is -0.361 e. The zero-order chi connectivity index (χ0) is 8.84. The van der Waals surface area contributed by atoms with Crippen LogP contribution in [0, 0.1) is 0 Å². The fourth-order valence-electron chi connectivity index (χ4n) is 2.27. The molecule has 2 atom stereocenters. The van der Waals surface area contributed by atoms with Crippen molar-refractivity contribution >= 4 is 5.78 Å². The van der Waals surface area contributed by atoms with E-state index in [-0.39, 0.29) is 18.0 Å². The van der Waals surface area contributed by atoms with Crippen LogP contribution in [0.25, 0.3) is 0 Å². The van der Waals surface area contributed by atoms with E-state index in [0.717, 1.165) is 17.6 Å². The standard InChI is InChI=1S/C11H10O2/c12-8-5-6-10-11(8)7-3-1-2-4-9(7)13-10/h1-4,9-10H,5-6H2. The van der Waals surface area contributed by atoms with Crippen LogP contribution in [0.3, 0.4) is 0 Å². The Kier molecular flexibility index (Phi) is 1.35. The molecule has 2 nitrogen and oxygen atoms in total. The molecule has 0 saturated heterocycles. The first kappa shape index (κ1) is 7.27. The molecule has 3 rings (SSSR count). The summed E-state index contributed by atoms with van der Waals surface area (Å²) in [4.78, 5) is 11.5. The first-order chi connectivity index (χ1) is 6.36. The fourth-order valence-corrected chi connectivity index (χ4v) is 2.27. The SMILES string of the molecule is O=C1CCC2OC3C=CC=CC3=C12. The van der Waals surface area contributed by atoms with E-state index in [1.165, 1.54) is 0 Å². The van der Waals surface area contributed by atoms with Crippen LogP contribution in [0.4, 0.5) is 0 Å². The molecule has 1 heterocycles. The van der Waals surface area contributed by atoms with Crippen LogP contribution in [0.2, 0.25) is 0 Å². The van der Waals surface area contributed by atoms with Gasteiger partial charge in [0.05, 0.1) is 6.10 Å². The zero-order valence-electron chi connectivity index (χ0n) is 7.19. The molecule has 13 heavy (non-hydrogen) atoms. The van der Waals surface area contributed by atoms with Crippen LogP contribution in [0.5, 0.6) is 0 Å². The zero-order valence-corrected chi connectivity index (χ0v) is 7.19. The highest BCUT2D eigenvalue weighted by molar-refractivity contribution is 6.00. The summed E-state index contributed by atoms with van der Waals surface area (Å²) in [6.45, 7) is 0. The molecule has 2 aliphatic carbocycles. The van der Waals surface area contributed by atoms with Crippen molar-refractivity contribution in [2.45, 2.75) is 25.0 Å². The summed E-state index contributed by atoms with van der Waals surface area (Å²) in [5, 5.41) is 0. The van der Waals surface area contributed by atoms with Gasteiger partial charge in [-0.2, -0.15) is 0 Å². The van der Waals surface area contributed by atoms with Crippen molar-refractivity contribution in [1.82, 2.24) is 0 Å². The molecular formula is C11H10O2. The van der Waals surface area contributed by atoms with E-state index in [9.17, 15) is 4.79 Å². The number of allylic oxidation sites excluding steroid dienone is 2. The van der Waals surface area contributed by atoms with Crippen LogP contribution in [0.1, 0.15) is 12.8 Å². The summed E-state index contributed by atoms with van der Waals surface area (Å²) in [7, 11) is 0. The first-order valence-electron chi connectivity index (χ1n) is 4.64. The largest absolute Gasteiger partial charge is 0.361 e. The van der Waals surface area contributed by atoms with Crippen LogP contribution >= 0.6 is 0 Å². The Hall–Kier alpha value is -1.15. The predicted molar refractivity (Wildman–Crippen MR) is 48.2 cm³/mol. The highest BCUT2D eigenvalue weighted by Crippen LogP contribution is 2.38. The molecule has 3 aliphatic rings. The third-order valence-electron chi connectivity index (χ3n) is 2.86. The number of carbonyl (C=O) groups excluding carboxylic acids is 1. The van der Waals surface area contributed by atoms with E-state index in [4.69, 9.17) is 4.74 Å². The molecule has 0 N–H and O–H groups in total. The Balaban J connectivity index is 2.13. The maximum Gasteiger partial charge on any atom is 0.161 e. The molecule has 1 saturated carbocycles. The van der Waals surface area contributed by atoms with Gasteiger partial charge in [0, 0.05) is 12.0 Å². The van der Waals surface area contributed by atoms with Crippen molar-refractivity contribution in [1.29, 1.82) is 0 Å². The number of ether oxygens (including phenoxy) is 1. The molecule has 2 heteroatoms. The average Bonchev–Trinajstić information content (AvgIpc) is 2.66. The van der Waals surface area contributed by atoms with E-state index in [1.54, 1.807) is 0 Å². The summed E-state index contributed by atoms with van der Waals surface area (Å²) in [5.41, 5.74) is 2.03. The minimum absolute atomic E-state index is 0.0502. The lowest BCUT2D eigenvalue weighted by Crippen LogP contribution is -2.11. The maximum absolute atomic E-state index is 11.5. The highest BCUT2D eigenvalue weighted by Gasteiger charge is 2.40. The second-order valence-electron chi connectivity index (χ2n) is 3.62. The number of Topliss-reactive ketones (excluding diaryl/α,β-unsaturated/α-hetero) is 1. The van der Waals surface area contributed by atoms with Crippen molar-refractivity contribution in [3.63, 3.8) is 0 Å². The summed E-state index contributed by atoms with van der Waals surface area (Å²) in [6.07, 6.45) is 9.62. The minimum atomic E-state index is 0.0502. The smallest absolute Gasteiger partial charge is 0.161 e. The number of fused-ring (bicyclic) bond motifs is 2. The van der Waals surface area contributed by atoms with Crippen LogP contribution in [0.15, 0.2) is 35.5 Å². The molecular weight excluding hydrogens is 164 g/mol. The number of hydrogen-bond donors (Lipinski definition) is 0. The number of ketones is 1. The van der Waals surface area contributed by atoms with Gasteiger partial charge in [-0.15, -0.1) is 0 Å². The molecule has 0 aromatic rings. The van der Waals surface area contributed by atoms with E-state index in [0.29, 0.717) is 6.42 Å². The van der Waals surface area contributed by atoms with Crippen LogP contribution < -0.4 is 0 Å². The normalized spacial score (nSPS) is 35.5. The van der Waals surface area contributed by atoms with Crippen LogP contribution in [-0.4, -0.2) is 18.0 Å². The summed E-state index contributed by atoms with van der Waals surface area (Å²) >= 11 is 0. The maximum atomic E-state index is 11.5. The third kappa shape index (κ3) is 0.893. The van der Waals surface area contributed by atoms with Gasteiger partial charge in [-0.05, 0) is 12.0 Å². The highest BCUT2D eigenvalue weighted by atomic mass is 16.5. The van der Waals surface area contributed by atoms with Crippen molar-refractivity contribution in [3.8, 4) is 0 Å². The van der Waals surface area contributed by atoms with Gasteiger partial charge in [0.25, 0.3) is 0 Å². The Bertz CT molecular complexity index is 360. The lowest BCUT2D eigenvalue weighted by Gasteiger charge is -2.11. The molecule has 0 radical (unpaired) electrons. The van der Waals surface area contributed by atoms with Gasteiger partial charge in [-0.3, -0.25) is 4.79 Å². The topological polar surface area (TPSA) is 26.3 Å². The number of carbonyl (C=O) groups is 1. The fraction of sp³-hybridized carbons (Fsp3) is 0.364. The molecule has 0 amide bonds. The van der Waals surface area contributed by atoms with Crippen molar-refractivity contribution in [3.05, 3.63) is 35.5 Å². The van der Waals surface area contributed by atoms with Gasteiger partial charge in [0.15, 0.2) is 5.78 Å². The van der Waals surface area contributed by atoms with E-state index >= 15 is 0 Å². The lowest BCUT2D eigenvalue weighted by atomic mass is 9.99. The summed E-state index contributed by atoms with van der Waals surface area (Å²) in [5.74, 6) is 0.280. The van der Waals surface area contributed by atoms with Gasteiger partial charge >= 0.3 is 0 Å². The molecule has 0 spiro atoms. The third-order valence-corrected chi connectivity index (χ3v) is 2.86. The lowest BCUT2D eigenvalue weighted by molar-refractivity contribution is -0.114. The Morgan fingerprint density at radius 2 is 2.31 bits per heavy atom. The van der Waals surface area contributed by atoms with Gasteiger partial charge in [-0.25, -0.2) is 0 Å². The number of hydrogen-bond acceptors (Lipinski definition) is 2. The molecule has 66 valence electrons. The molecule has 0 aromatic carbocycles. The Morgan fingerprint density at radius 1 is 1.38 bits per heavy atom. The second-order valence-corrected chi connectivity index (χ2v) is 3.62. The predicted octanol–water partition coefficient (Wildman–Crippen LogP) is 1.54. The Morgan fingerprint density at radius 3 is 3.23 bits per heavy atom. The molecule has 0 bridgehead atoms. The number of rotatable bonds is 0. The molecule has 0 aromatic heterocycles. The van der Waals surface area contributed by atoms with E-state index in [2.05, 4.69) is 0 Å². The van der Waals surface area contributed by atoms with Crippen molar-refractivity contribution < 1.29 is 9.53 Å². The van der Waals surface area contributed by atoms with Gasteiger partial charge in [0.2, 0.25) is 0 Å². The second kappa shape index (κ2) is 2.42. The van der Waals surface area contributed by atoms with Gasteiger partial charge in [0.1, 0.15) is 6.10 Å². The molecule has 1 aliphatic heterocycles. The van der Waals surface area contributed by atoms with Gasteiger partial charge in [-0.1, -0.05) is 24.3 Å². The van der Waals surface area contributed by atoms with Crippen LogP contribution in [-0.2, 0) is 9.53 Å². The quantitative estimate of drug-likeness (QED) is 0.556. The monoisotopic (exact) mass is 174 g/mol. The van der Waals surface area contributed by atoms with E-state index in [1.807, 2.05) is 24.3 Å². The van der Waals surface area contributed by atoms with Gasteiger partial charge < -0.3 is 4.74 Å². The summed E-state index contributed by atoms with van der Waals surface area (Å²) < 4.78 is 5.73. The van der Waals surface area contributed by atoms with Crippen molar-refractivity contribution in [2.75, 3.05) is 0 Å². The Labute approximate surface area is 76.6 Å². The molecule has 2 unspecified atom stereocenters. The average molecular weight is 174 g/mol.